The smallest absolute Gasteiger partial charge is 0.190 e. The second-order valence-electron chi connectivity index (χ2n) is 3.32. The van der Waals surface area contributed by atoms with Crippen LogP contribution in [-0.2, 0) is 7.05 Å². The van der Waals surface area contributed by atoms with Gasteiger partial charge in [-0.3, -0.25) is 0 Å². The highest BCUT2D eigenvalue weighted by atomic mass is 32.2. The Kier molecular flexibility index (Phi) is 4.97. The molecule has 1 rings (SSSR count). The molecular weight excluding hydrogens is 196 g/mol. The summed E-state index contributed by atoms with van der Waals surface area (Å²) in [6.45, 7) is 5.38. The van der Waals surface area contributed by atoms with Gasteiger partial charge in [-0.2, -0.15) is 0 Å². The molecule has 1 N–H and O–H groups in total. The van der Waals surface area contributed by atoms with E-state index < -0.39 is 0 Å². The molecule has 0 aliphatic rings. The summed E-state index contributed by atoms with van der Waals surface area (Å²) < 4.78 is 1.95. The highest BCUT2D eigenvalue weighted by Gasteiger charge is 2.03. The molecular formula is C9H18N4S. The van der Waals surface area contributed by atoms with Crippen molar-refractivity contribution in [2.75, 3.05) is 12.3 Å². The van der Waals surface area contributed by atoms with Crippen molar-refractivity contribution in [2.24, 2.45) is 7.05 Å². The maximum absolute atomic E-state index is 4.01. The molecule has 0 spiro atoms. The molecule has 1 unspecified atom stereocenters. The Bertz CT molecular complexity index is 261. The van der Waals surface area contributed by atoms with Crippen molar-refractivity contribution in [1.82, 2.24) is 20.1 Å². The van der Waals surface area contributed by atoms with E-state index in [2.05, 4.69) is 29.4 Å². The number of nitrogens with zero attached hydrogens (tertiary/aromatic N) is 3. The van der Waals surface area contributed by atoms with E-state index in [0.717, 1.165) is 23.9 Å². The van der Waals surface area contributed by atoms with Crippen LogP contribution in [0.25, 0.3) is 0 Å². The van der Waals surface area contributed by atoms with Crippen LogP contribution in [0.4, 0.5) is 0 Å². The first-order valence-corrected chi connectivity index (χ1v) is 5.92. The van der Waals surface area contributed by atoms with Crippen LogP contribution in [0.15, 0.2) is 11.5 Å². The van der Waals surface area contributed by atoms with E-state index in [-0.39, 0.29) is 0 Å². The largest absolute Gasteiger partial charge is 0.315 e. The normalized spacial score (nSPS) is 13.1. The van der Waals surface area contributed by atoms with E-state index in [9.17, 15) is 0 Å². The van der Waals surface area contributed by atoms with Gasteiger partial charge in [0.25, 0.3) is 0 Å². The summed E-state index contributed by atoms with van der Waals surface area (Å²) in [4.78, 5) is 0. The van der Waals surface area contributed by atoms with Crippen molar-refractivity contribution < 1.29 is 0 Å². The van der Waals surface area contributed by atoms with Crippen LogP contribution < -0.4 is 5.32 Å². The van der Waals surface area contributed by atoms with Crippen molar-refractivity contribution in [2.45, 2.75) is 31.5 Å². The van der Waals surface area contributed by atoms with Crippen molar-refractivity contribution >= 4 is 11.8 Å². The lowest BCUT2D eigenvalue weighted by molar-refractivity contribution is 0.556. The molecule has 0 bridgehead atoms. The Balaban J connectivity index is 2.19. The summed E-state index contributed by atoms with van der Waals surface area (Å²) in [5.41, 5.74) is 0. The molecule has 1 aromatic heterocycles. The monoisotopic (exact) mass is 214 g/mol. The highest BCUT2D eigenvalue weighted by molar-refractivity contribution is 7.99. The summed E-state index contributed by atoms with van der Waals surface area (Å²) >= 11 is 1.76. The van der Waals surface area contributed by atoms with Crippen molar-refractivity contribution in [3.63, 3.8) is 0 Å². The minimum atomic E-state index is 0.584. The molecule has 14 heavy (non-hydrogen) atoms. The molecule has 80 valence electrons. The Morgan fingerprint density at radius 1 is 1.64 bits per heavy atom. The highest BCUT2D eigenvalue weighted by Crippen LogP contribution is 2.14. The zero-order valence-corrected chi connectivity index (χ0v) is 9.84. The first-order valence-electron chi connectivity index (χ1n) is 4.94. The number of rotatable bonds is 6. The lowest BCUT2D eigenvalue weighted by atomic mass is 10.3. The first kappa shape index (κ1) is 11.5. The average molecular weight is 214 g/mol. The van der Waals surface area contributed by atoms with E-state index in [0.29, 0.717) is 6.04 Å². The van der Waals surface area contributed by atoms with Gasteiger partial charge < -0.3 is 9.88 Å². The van der Waals surface area contributed by atoms with E-state index in [1.165, 1.54) is 0 Å². The predicted octanol–water partition coefficient (Wildman–Crippen LogP) is 1.30. The summed E-state index contributed by atoms with van der Waals surface area (Å²) in [7, 11) is 1.97. The van der Waals surface area contributed by atoms with E-state index >= 15 is 0 Å². The third-order valence-corrected chi connectivity index (χ3v) is 3.07. The minimum Gasteiger partial charge on any atom is -0.315 e. The van der Waals surface area contributed by atoms with Crippen LogP contribution in [0.1, 0.15) is 20.3 Å². The molecule has 0 saturated heterocycles. The maximum Gasteiger partial charge on any atom is 0.190 e. The number of aromatic nitrogens is 3. The number of aryl methyl sites for hydroxylation is 1. The number of hydrogen-bond donors (Lipinski definition) is 1. The van der Waals surface area contributed by atoms with E-state index in [4.69, 9.17) is 0 Å². The average Bonchev–Trinajstić information content (AvgIpc) is 2.52. The van der Waals surface area contributed by atoms with Gasteiger partial charge in [-0.05, 0) is 19.9 Å². The standard InChI is InChI=1S/C9H18N4S/c1-4-10-8(2)5-6-14-9-12-11-7-13(9)3/h7-8,10H,4-6H2,1-3H3. The molecule has 4 nitrogen and oxygen atoms in total. The molecule has 5 heteroatoms. The summed E-state index contributed by atoms with van der Waals surface area (Å²) in [5, 5.41) is 12.2. The van der Waals surface area contributed by atoms with Crippen LogP contribution in [0.5, 0.6) is 0 Å². The molecule has 0 fully saturated rings. The lowest BCUT2D eigenvalue weighted by Gasteiger charge is -2.10. The third kappa shape index (κ3) is 3.67. The minimum absolute atomic E-state index is 0.584. The Hall–Kier alpha value is -0.550. The van der Waals surface area contributed by atoms with Crippen LogP contribution in [-0.4, -0.2) is 33.1 Å². The SMILES string of the molecule is CCNC(C)CCSc1nncn1C. The van der Waals surface area contributed by atoms with Crippen molar-refractivity contribution in [3.8, 4) is 0 Å². The van der Waals surface area contributed by atoms with Gasteiger partial charge in [-0.25, -0.2) is 0 Å². The van der Waals surface area contributed by atoms with Gasteiger partial charge in [0, 0.05) is 18.8 Å². The molecule has 0 aliphatic heterocycles. The van der Waals surface area contributed by atoms with Crippen LogP contribution in [0, 0.1) is 0 Å². The Labute approximate surface area is 89.5 Å². The van der Waals surface area contributed by atoms with Gasteiger partial charge >= 0.3 is 0 Å². The van der Waals surface area contributed by atoms with Crippen LogP contribution >= 0.6 is 11.8 Å². The topological polar surface area (TPSA) is 42.7 Å². The molecule has 1 atom stereocenters. The Morgan fingerprint density at radius 3 is 3.00 bits per heavy atom. The second kappa shape index (κ2) is 6.03. The maximum atomic E-state index is 4.01. The lowest BCUT2D eigenvalue weighted by Crippen LogP contribution is -2.25. The molecule has 1 heterocycles. The van der Waals surface area contributed by atoms with Gasteiger partial charge in [-0.1, -0.05) is 18.7 Å². The summed E-state index contributed by atoms with van der Waals surface area (Å²) in [5.74, 6) is 1.08. The molecule has 0 aromatic carbocycles. The van der Waals surface area contributed by atoms with E-state index in [1.54, 1.807) is 18.1 Å². The fourth-order valence-electron chi connectivity index (χ4n) is 1.18. The van der Waals surface area contributed by atoms with Gasteiger partial charge in [-0.15, -0.1) is 10.2 Å². The molecule has 0 radical (unpaired) electrons. The molecule has 0 aliphatic carbocycles. The van der Waals surface area contributed by atoms with Crippen molar-refractivity contribution in [1.29, 1.82) is 0 Å². The number of nitrogens with one attached hydrogen (secondary N) is 1. The molecule has 0 amide bonds. The van der Waals surface area contributed by atoms with Crippen LogP contribution in [0.2, 0.25) is 0 Å². The Morgan fingerprint density at radius 2 is 2.43 bits per heavy atom. The first-order chi connectivity index (χ1) is 6.74. The van der Waals surface area contributed by atoms with Gasteiger partial charge in [0.2, 0.25) is 0 Å². The quantitative estimate of drug-likeness (QED) is 0.725. The number of hydrogen-bond acceptors (Lipinski definition) is 4. The predicted molar refractivity (Wildman–Crippen MR) is 59.5 cm³/mol. The number of thioether (sulfide) groups is 1. The fraction of sp³-hybridized carbons (Fsp3) is 0.778. The summed E-state index contributed by atoms with van der Waals surface area (Å²) in [6, 6.07) is 0.584. The summed E-state index contributed by atoms with van der Waals surface area (Å²) in [6.07, 6.45) is 2.89. The second-order valence-corrected chi connectivity index (χ2v) is 4.38. The zero-order valence-electron chi connectivity index (χ0n) is 9.03. The van der Waals surface area contributed by atoms with Crippen LogP contribution in [0.3, 0.4) is 0 Å². The molecule has 1 aromatic rings. The fourth-order valence-corrected chi connectivity index (χ4v) is 2.19. The molecule has 0 saturated carbocycles. The van der Waals surface area contributed by atoms with E-state index in [1.807, 2.05) is 11.6 Å². The third-order valence-electron chi connectivity index (χ3n) is 2.00. The van der Waals surface area contributed by atoms with Gasteiger partial charge in [0.1, 0.15) is 6.33 Å². The zero-order chi connectivity index (χ0) is 10.4. The van der Waals surface area contributed by atoms with Gasteiger partial charge in [0.05, 0.1) is 0 Å². The van der Waals surface area contributed by atoms with Crippen molar-refractivity contribution in [3.05, 3.63) is 6.33 Å². The van der Waals surface area contributed by atoms with Gasteiger partial charge in [0.15, 0.2) is 5.16 Å².